The lowest BCUT2D eigenvalue weighted by molar-refractivity contribution is 0.0159. The Morgan fingerprint density at radius 1 is 0.550 bits per heavy atom. The summed E-state index contributed by atoms with van der Waals surface area (Å²) in [6, 6.07) is 26.2. The molecule has 3 aromatic carbocycles. The summed E-state index contributed by atoms with van der Waals surface area (Å²) >= 11 is 0. The number of carbonyl (C=O) groups is 2. The topological polar surface area (TPSA) is 59.1 Å². The van der Waals surface area contributed by atoms with Crippen LogP contribution in [0.15, 0.2) is 84.9 Å². The number of esters is 2. The lowest BCUT2D eigenvalue weighted by Gasteiger charge is -2.27. The fraction of sp³-hybridized carbons (Fsp3) is 0.375. The number of rotatable bonds is 14. The summed E-state index contributed by atoms with van der Waals surface area (Å²) in [6.45, 7) is 12.8. The molecule has 0 aliphatic rings. The van der Waals surface area contributed by atoms with Gasteiger partial charge in [0, 0.05) is 13.1 Å². The zero-order valence-electron chi connectivity index (χ0n) is 23.8. The first kappa shape index (κ1) is 35.1. The molecule has 218 valence electrons. The van der Waals surface area contributed by atoms with Gasteiger partial charge in [0.1, 0.15) is 12.2 Å². The third kappa shape index (κ3) is 9.93. The van der Waals surface area contributed by atoms with Crippen molar-refractivity contribution in [2.24, 2.45) is 0 Å². The van der Waals surface area contributed by atoms with Gasteiger partial charge in [-0.3, -0.25) is 9.80 Å². The maximum Gasteiger partial charge on any atom is 0.339 e. The Hall–Kier alpha value is -2.90. The van der Waals surface area contributed by atoms with Crippen molar-refractivity contribution in [2.45, 2.75) is 39.9 Å². The van der Waals surface area contributed by atoms with E-state index in [4.69, 9.17) is 9.47 Å². The van der Waals surface area contributed by atoms with Crippen molar-refractivity contribution >= 4 is 36.8 Å². The van der Waals surface area contributed by atoms with Crippen LogP contribution < -0.4 is 0 Å². The number of likely N-dealkylation sites (N-methyl/N-ethyl adjacent to an activating group) is 2. The summed E-state index contributed by atoms with van der Waals surface area (Å²) in [5.41, 5.74) is 2.23. The summed E-state index contributed by atoms with van der Waals surface area (Å²) in [7, 11) is 0. The van der Waals surface area contributed by atoms with Crippen molar-refractivity contribution in [1.29, 1.82) is 0 Å². The molecule has 40 heavy (non-hydrogen) atoms. The highest BCUT2D eigenvalue weighted by molar-refractivity contribution is 6.03. The Morgan fingerprint density at radius 3 is 1.15 bits per heavy atom. The van der Waals surface area contributed by atoms with E-state index in [2.05, 4.69) is 37.5 Å². The van der Waals surface area contributed by atoms with E-state index in [-0.39, 0.29) is 35.9 Å². The second kappa shape index (κ2) is 18.4. The zero-order valence-corrected chi connectivity index (χ0v) is 25.5. The van der Waals surface area contributed by atoms with E-state index in [9.17, 15) is 9.59 Å². The van der Waals surface area contributed by atoms with Crippen molar-refractivity contribution in [1.82, 2.24) is 9.80 Å². The fourth-order valence-corrected chi connectivity index (χ4v) is 4.41. The van der Waals surface area contributed by atoms with Gasteiger partial charge in [-0.2, -0.15) is 0 Å². The molecule has 6 nitrogen and oxygen atoms in total. The molecule has 2 unspecified atom stereocenters. The molecule has 3 rings (SSSR count). The number of ether oxygens (including phenoxy) is 2. The van der Waals surface area contributed by atoms with Gasteiger partial charge < -0.3 is 9.47 Å². The van der Waals surface area contributed by atoms with Crippen LogP contribution in [-0.4, -0.2) is 61.0 Å². The van der Waals surface area contributed by atoms with Crippen LogP contribution in [0.25, 0.3) is 0 Å². The lowest BCUT2D eigenvalue weighted by atomic mass is 10.1. The first-order chi connectivity index (χ1) is 18.5. The molecule has 8 heteroatoms. The van der Waals surface area contributed by atoms with Crippen LogP contribution in [0.1, 0.15) is 71.7 Å². The Balaban J connectivity index is 0.00000400. The van der Waals surface area contributed by atoms with Gasteiger partial charge in [-0.05, 0) is 49.4 Å². The predicted octanol–water partition coefficient (Wildman–Crippen LogP) is 7.01. The minimum atomic E-state index is -0.543. The molecule has 0 saturated heterocycles. The van der Waals surface area contributed by atoms with Crippen LogP contribution >= 0.6 is 24.8 Å². The third-order valence-electron chi connectivity index (χ3n) is 6.85. The molecular formula is C32H42Cl2N2O4. The van der Waals surface area contributed by atoms with Gasteiger partial charge >= 0.3 is 11.9 Å². The van der Waals surface area contributed by atoms with Crippen LogP contribution in [0.5, 0.6) is 0 Å². The molecule has 0 heterocycles. The largest absolute Gasteiger partial charge is 0.452 e. The molecule has 3 aromatic rings. The van der Waals surface area contributed by atoms with Gasteiger partial charge in [0.05, 0.1) is 11.1 Å². The van der Waals surface area contributed by atoms with E-state index >= 15 is 0 Å². The molecule has 2 atom stereocenters. The van der Waals surface area contributed by atoms with Crippen LogP contribution in [0, 0.1) is 0 Å². The number of benzene rings is 3. The van der Waals surface area contributed by atoms with Gasteiger partial charge in [-0.25, -0.2) is 9.59 Å². The molecule has 0 aliphatic carbocycles. The van der Waals surface area contributed by atoms with E-state index < -0.39 is 24.1 Å². The SMILES string of the molecule is CCN(CC)CC(OC(=O)c1ccccc1C(=O)OC(CN(CC)CC)c1ccccc1)c1ccccc1.Cl.Cl. The minimum Gasteiger partial charge on any atom is -0.452 e. The fourth-order valence-electron chi connectivity index (χ4n) is 4.41. The Bertz CT molecular complexity index is 1050. The smallest absolute Gasteiger partial charge is 0.339 e. The molecule has 0 aromatic heterocycles. The highest BCUT2D eigenvalue weighted by Gasteiger charge is 2.26. The van der Waals surface area contributed by atoms with Gasteiger partial charge in [-0.1, -0.05) is 100 Å². The molecule has 0 bridgehead atoms. The van der Waals surface area contributed by atoms with Crippen LogP contribution in [0.4, 0.5) is 0 Å². The van der Waals surface area contributed by atoms with Gasteiger partial charge in [-0.15, -0.1) is 24.8 Å². The minimum absolute atomic E-state index is 0. The first-order valence-corrected chi connectivity index (χ1v) is 13.6. The van der Waals surface area contributed by atoms with Crippen molar-refractivity contribution in [3.8, 4) is 0 Å². The molecule has 0 fully saturated rings. The zero-order chi connectivity index (χ0) is 27.3. The quantitative estimate of drug-likeness (QED) is 0.189. The second-order valence-corrected chi connectivity index (χ2v) is 9.13. The van der Waals surface area contributed by atoms with Gasteiger partial charge in [0.2, 0.25) is 0 Å². The van der Waals surface area contributed by atoms with E-state index in [1.165, 1.54) is 0 Å². The van der Waals surface area contributed by atoms with Gasteiger partial charge in [0.25, 0.3) is 0 Å². The standard InChI is InChI=1S/C32H40N2O4.2ClH/c1-5-33(6-2)23-29(25-17-11-9-12-18-25)37-31(35)27-21-15-16-22-28(27)32(36)38-30(24-34(7-3)8-4)26-19-13-10-14-20-26;;/h9-22,29-30H,5-8,23-24H2,1-4H3;2*1H. The Kier molecular flexibility index (Phi) is 16.2. The molecule has 0 amide bonds. The molecule has 0 spiro atoms. The van der Waals surface area contributed by atoms with Gasteiger partial charge in [0.15, 0.2) is 0 Å². The first-order valence-electron chi connectivity index (χ1n) is 13.6. The highest BCUT2D eigenvalue weighted by Crippen LogP contribution is 2.25. The summed E-state index contributed by atoms with van der Waals surface area (Å²) in [5, 5.41) is 0. The summed E-state index contributed by atoms with van der Waals surface area (Å²) in [4.78, 5) is 31.4. The van der Waals surface area contributed by atoms with E-state index in [0.29, 0.717) is 13.1 Å². The maximum atomic E-state index is 13.5. The Morgan fingerprint density at radius 2 is 0.850 bits per heavy atom. The van der Waals surface area contributed by atoms with Crippen LogP contribution in [0.3, 0.4) is 0 Å². The molecule has 0 saturated carbocycles. The van der Waals surface area contributed by atoms with Crippen molar-refractivity contribution in [2.75, 3.05) is 39.3 Å². The lowest BCUT2D eigenvalue weighted by Crippen LogP contribution is -2.31. The monoisotopic (exact) mass is 588 g/mol. The second-order valence-electron chi connectivity index (χ2n) is 9.13. The molecule has 0 N–H and O–H groups in total. The van der Waals surface area contributed by atoms with Crippen molar-refractivity contribution < 1.29 is 19.1 Å². The molecular weight excluding hydrogens is 547 g/mol. The van der Waals surface area contributed by atoms with E-state index in [1.807, 2.05) is 60.7 Å². The summed E-state index contributed by atoms with van der Waals surface area (Å²) < 4.78 is 12.1. The number of carbonyl (C=O) groups excluding carboxylic acids is 2. The predicted molar refractivity (Wildman–Crippen MR) is 166 cm³/mol. The highest BCUT2D eigenvalue weighted by atomic mass is 35.5. The van der Waals surface area contributed by atoms with E-state index in [0.717, 1.165) is 37.3 Å². The summed E-state index contributed by atoms with van der Waals surface area (Å²) in [5.74, 6) is -1.09. The average molecular weight is 590 g/mol. The van der Waals surface area contributed by atoms with Crippen LogP contribution in [0.2, 0.25) is 0 Å². The third-order valence-corrected chi connectivity index (χ3v) is 6.85. The maximum absolute atomic E-state index is 13.5. The average Bonchev–Trinajstić information content (AvgIpc) is 2.98. The normalized spacial score (nSPS) is 12.2. The van der Waals surface area contributed by atoms with E-state index in [1.54, 1.807) is 24.3 Å². The number of nitrogens with zero attached hydrogens (tertiary/aromatic N) is 2. The molecule has 0 radical (unpaired) electrons. The van der Waals surface area contributed by atoms with Crippen molar-refractivity contribution in [3.05, 3.63) is 107 Å². The van der Waals surface area contributed by atoms with Crippen molar-refractivity contribution in [3.63, 3.8) is 0 Å². The summed E-state index contributed by atoms with van der Waals surface area (Å²) in [6.07, 6.45) is -0.931. The number of hydrogen-bond donors (Lipinski definition) is 0. The number of hydrogen-bond acceptors (Lipinski definition) is 6. The van der Waals surface area contributed by atoms with Crippen LogP contribution in [-0.2, 0) is 9.47 Å². The Labute approximate surface area is 251 Å². The number of halogens is 2. The molecule has 0 aliphatic heterocycles.